The molecular formula is C33H38N6O7. The minimum atomic E-state index is -1.02. The Hall–Kier alpha value is -5.07. The summed E-state index contributed by atoms with van der Waals surface area (Å²) in [5, 5.41) is 6.91. The molecule has 1 atom stereocenters. The predicted octanol–water partition coefficient (Wildman–Crippen LogP) is 3.33. The summed E-state index contributed by atoms with van der Waals surface area (Å²) in [5.74, 6) is -0.701. The number of carbonyl (C=O) groups is 5. The van der Waals surface area contributed by atoms with Crippen molar-refractivity contribution < 1.29 is 33.4 Å². The highest BCUT2D eigenvalue weighted by molar-refractivity contribution is 6.07. The molecule has 242 valence electrons. The van der Waals surface area contributed by atoms with Crippen molar-refractivity contribution in [3.8, 4) is 5.75 Å². The van der Waals surface area contributed by atoms with Crippen molar-refractivity contribution in [2.45, 2.75) is 84.7 Å². The van der Waals surface area contributed by atoms with Gasteiger partial charge in [-0.15, -0.1) is 0 Å². The fourth-order valence-corrected chi connectivity index (χ4v) is 5.40. The lowest BCUT2D eigenvalue weighted by molar-refractivity contribution is -0.139. The van der Waals surface area contributed by atoms with Gasteiger partial charge in [0.25, 0.3) is 5.91 Å². The Morgan fingerprint density at radius 3 is 2.59 bits per heavy atom. The number of hydrogen-bond donors (Lipinski definition) is 1. The number of anilines is 1. The number of hydrogen-bond acceptors (Lipinski definition) is 10. The van der Waals surface area contributed by atoms with Gasteiger partial charge in [-0.05, 0) is 82.9 Å². The summed E-state index contributed by atoms with van der Waals surface area (Å²) in [6, 6.07) is 7.51. The molecule has 2 aromatic heterocycles. The van der Waals surface area contributed by atoms with E-state index in [1.54, 1.807) is 37.4 Å². The van der Waals surface area contributed by atoms with Crippen LogP contribution in [-0.4, -0.2) is 68.0 Å². The van der Waals surface area contributed by atoms with Gasteiger partial charge in [0.15, 0.2) is 0 Å². The number of aryl methyl sites for hydroxylation is 2. The van der Waals surface area contributed by atoms with E-state index in [2.05, 4.69) is 21.4 Å². The highest BCUT2D eigenvalue weighted by Gasteiger charge is 2.35. The van der Waals surface area contributed by atoms with Gasteiger partial charge in [-0.3, -0.25) is 34.1 Å². The van der Waals surface area contributed by atoms with Gasteiger partial charge in [0.1, 0.15) is 23.2 Å². The molecule has 0 radical (unpaired) electrons. The van der Waals surface area contributed by atoms with Gasteiger partial charge >= 0.3 is 5.97 Å². The first-order chi connectivity index (χ1) is 21.9. The zero-order chi connectivity index (χ0) is 33.0. The van der Waals surface area contributed by atoms with Crippen molar-refractivity contribution in [1.29, 1.82) is 0 Å². The Balaban J connectivity index is 1.06. The molecule has 5 rings (SSSR count). The zero-order valence-electron chi connectivity index (χ0n) is 26.4. The molecule has 0 bridgehead atoms. The van der Waals surface area contributed by atoms with E-state index < -0.39 is 35.3 Å². The van der Waals surface area contributed by atoms with Crippen LogP contribution in [0.15, 0.2) is 42.7 Å². The number of pyridine rings is 1. The summed E-state index contributed by atoms with van der Waals surface area (Å²) in [6.45, 7) is 9.77. The van der Waals surface area contributed by atoms with E-state index in [1.807, 2.05) is 31.5 Å². The molecule has 2 aliphatic rings. The normalized spacial score (nSPS) is 16.1. The summed E-state index contributed by atoms with van der Waals surface area (Å²) in [6.07, 6.45) is 5.74. The molecule has 1 fully saturated rings. The van der Waals surface area contributed by atoms with Crippen molar-refractivity contribution in [2.24, 2.45) is 0 Å². The lowest BCUT2D eigenvalue weighted by Gasteiger charge is -2.28. The maximum atomic E-state index is 13.0. The van der Waals surface area contributed by atoms with Crippen molar-refractivity contribution in [2.75, 3.05) is 11.5 Å². The van der Waals surface area contributed by atoms with E-state index >= 15 is 0 Å². The topological polar surface area (TPSA) is 153 Å². The van der Waals surface area contributed by atoms with Crippen molar-refractivity contribution in [1.82, 2.24) is 25.0 Å². The molecule has 3 aromatic rings. The second-order valence-corrected chi connectivity index (χ2v) is 12.4. The molecule has 4 amide bonds. The number of unbranched alkanes of at least 4 members (excludes halogenated alkanes) is 1. The van der Waals surface area contributed by atoms with E-state index in [-0.39, 0.29) is 18.4 Å². The summed E-state index contributed by atoms with van der Waals surface area (Å²) in [5.41, 5.74) is 2.89. The van der Waals surface area contributed by atoms with Gasteiger partial charge in [-0.25, -0.2) is 9.78 Å². The van der Waals surface area contributed by atoms with Crippen molar-refractivity contribution in [3.63, 3.8) is 0 Å². The molecule has 1 saturated heterocycles. The van der Waals surface area contributed by atoms with Crippen molar-refractivity contribution in [3.05, 3.63) is 70.7 Å². The maximum Gasteiger partial charge on any atom is 0.340 e. The number of esters is 1. The fraction of sp³-hybridized carbons (Fsp3) is 0.424. The third-order valence-electron chi connectivity index (χ3n) is 7.71. The molecule has 13 heteroatoms. The van der Waals surface area contributed by atoms with Crippen LogP contribution >= 0.6 is 0 Å². The standard InChI is InChI=1S/C33H38N6O7/c1-21-15-24(8-9-25(21)31(43)39(20-40)27-10-12-29(41)35-30(27)42)45-14-6-5-13-38-18-23-17-37(19-26(23)36-38)28-11-7-22(16-34-28)32(44)46-33(2,3)4/h7-9,11,15-16,18,20,27H,5-6,10,12-14,17,19H2,1-4H3,(H,35,41,42). The molecule has 4 heterocycles. The average Bonchev–Trinajstić information content (AvgIpc) is 3.57. The molecule has 0 aliphatic carbocycles. The monoisotopic (exact) mass is 630 g/mol. The summed E-state index contributed by atoms with van der Waals surface area (Å²) >= 11 is 0. The lowest BCUT2D eigenvalue weighted by atomic mass is 10.0. The van der Waals surface area contributed by atoms with Crippen LogP contribution in [-0.2, 0) is 38.8 Å². The molecule has 1 N–H and O–H groups in total. The number of benzene rings is 1. The van der Waals surface area contributed by atoms with Gasteiger partial charge in [-0.2, -0.15) is 5.10 Å². The Morgan fingerprint density at radius 1 is 1.13 bits per heavy atom. The third kappa shape index (κ3) is 7.59. The molecule has 0 saturated carbocycles. The summed E-state index contributed by atoms with van der Waals surface area (Å²) < 4.78 is 13.3. The van der Waals surface area contributed by atoms with E-state index in [0.29, 0.717) is 43.0 Å². The fourth-order valence-electron chi connectivity index (χ4n) is 5.40. The second-order valence-electron chi connectivity index (χ2n) is 12.4. The molecule has 1 aromatic carbocycles. The molecule has 0 spiro atoms. The lowest BCUT2D eigenvalue weighted by Crippen LogP contribution is -2.53. The van der Waals surface area contributed by atoms with Crippen LogP contribution in [0.3, 0.4) is 0 Å². The Kier molecular flexibility index (Phi) is 9.49. The number of piperidine rings is 1. The first-order valence-corrected chi connectivity index (χ1v) is 15.3. The highest BCUT2D eigenvalue weighted by Crippen LogP contribution is 2.27. The number of imide groups is 2. The van der Waals surface area contributed by atoms with E-state index in [0.717, 1.165) is 41.4 Å². The number of carbonyl (C=O) groups excluding carboxylic acids is 5. The number of fused-ring (bicyclic) bond motifs is 1. The Morgan fingerprint density at radius 2 is 1.93 bits per heavy atom. The molecule has 2 aliphatic heterocycles. The zero-order valence-corrected chi connectivity index (χ0v) is 26.4. The smallest absolute Gasteiger partial charge is 0.340 e. The number of ether oxygens (including phenoxy) is 2. The first-order valence-electron chi connectivity index (χ1n) is 15.3. The number of rotatable bonds is 11. The van der Waals surface area contributed by atoms with Gasteiger partial charge < -0.3 is 14.4 Å². The van der Waals surface area contributed by atoms with E-state index in [9.17, 15) is 24.0 Å². The van der Waals surface area contributed by atoms with Crippen LogP contribution in [0.5, 0.6) is 5.75 Å². The average molecular weight is 631 g/mol. The van der Waals surface area contributed by atoms with E-state index in [1.165, 1.54) is 0 Å². The Bertz CT molecular complexity index is 1620. The summed E-state index contributed by atoms with van der Waals surface area (Å²) in [7, 11) is 0. The maximum absolute atomic E-state index is 13.0. The number of nitrogens with one attached hydrogen (secondary N) is 1. The minimum Gasteiger partial charge on any atom is -0.494 e. The highest BCUT2D eigenvalue weighted by atomic mass is 16.6. The molecular weight excluding hydrogens is 592 g/mol. The number of nitrogens with zero attached hydrogens (tertiary/aromatic N) is 5. The molecule has 1 unspecified atom stereocenters. The number of aromatic nitrogens is 3. The quantitative estimate of drug-likeness (QED) is 0.145. The van der Waals surface area contributed by atoms with Crippen LogP contribution in [0.1, 0.15) is 84.0 Å². The summed E-state index contributed by atoms with van der Waals surface area (Å²) in [4.78, 5) is 68.0. The van der Waals surface area contributed by atoms with Crippen LogP contribution in [0.2, 0.25) is 0 Å². The molecule has 46 heavy (non-hydrogen) atoms. The van der Waals surface area contributed by atoms with Crippen LogP contribution in [0, 0.1) is 6.92 Å². The minimum absolute atomic E-state index is 0.0631. The SMILES string of the molecule is Cc1cc(OCCCCn2cc3c(n2)CN(c2ccc(C(=O)OC(C)(C)C)cn2)C3)ccc1C(=O)N(C=O)C1CCC(=O)NC1=O. The van der Waals surface area contributed by atoms with Gasteiger partial charge in [-0.1, -0.05) is 0 Å². The first kappa shape index (κ1) is 32.3. The van der Waals surface area contributed by atoms with Gasteiger partial charge in [0, 0.05) is 43.0 Å². The number of amides is 4. The third-order valence-corrected chi connectivity index (χ3v) is 7.71. The molecule has 13 nitrogen and oxygen atoms in total. The van der Waals surface area contributed by atoms with E-state index in [4.69, 9.17) is 14.6 Å². The Labute approximate surface area is 266 Å². The van der Waals surface area contributed by atoms with Crippen molar-refractivity contribution >= 4 is 35.9 Å². The predicted molar refractivity (Wildman–Crippen MR) is 166 cm³/mol. The van der Waals surface area contributed by atoms with Gasteiger partial charge in [0.05, 0.1) is 24.4 Å². The largest absolute Gasteiger partial charge is 0.494 e. The second kappa shape index (κ2) is 13.5. The van der Waals surface area contributed by atoms with Crippen LogP contribution < -0.4 is 15.0 Å². The van der Waals surface area contributed by atoms with Gasteiger partial charge in [0.2, 0.25) is 18.2 Å². The van der Waals surface area contributed by atoms with Crippen LogP contribution in [0.25, 0.3) is 0 Å². The van der Waals surface area contributed by atoms with Crippen LogP contribution in [0.4, 0.5) is 5.82 Å².